The lowest BCUT2D eigenvalue weighted by Gasteiger charge is -2.33. The number of nitrogens with one attached hydrogen (secondary N) is 2. The Bertz CT molecular complexity index is 2320. The average Bonchev–Trinajstić information content (AvgIpc) is 3.79. The minimum Gasteiger partial charge on any atom is -0.496 e. The number of nitrogens with zero attached hydrogens (tertiary/aromatic N) is 5. The number of carboxylic acid groups (broad SMARTS) is 1. The van der Waals surface area contributed by atoms with Gasteiger partial charge >= 0.3 is 12.1 Å². The second-order valence-electron chi connectivity index (χ2n) is 17.3. The summed E-state index contributed by atoms with van der Waals surface area (Å²) in [5.74, 6) is -0.0918. The molecule has 14 nitrogen and oxygen atoms in total. The number of methoxy groups -OCH3 is 1. The van der Waals surface area contributed by atoms with Gasteiger partial charge < -0.3 is 34.7 Å². The number of anilines is 1. The molecule has 61 heavy (non-hydrogen) atoms. The maximum atomic E-state index is 13.8. The third kappa shape index (κ3) is 10.1. The van der Waals surface area contributed by atoms with Gasteiger partial charge in [0.2, 0.25) is 5.91 Å². The van der Waals surface area contributed by atoms with Crippen LogP contribution in [0.4, 0.5) is 10.5 Å². The summed E-state index contributed by atoms with van der Waals surface area (Å²) in [6.07, 6.45) is 6.18. The van der Waals surface area contributed by atoms with Gasteiger partial charge in [0.1, 0.15) is 11.4 Å². The maximum Gasteiger partial charge on any atom is 0.410 e. The zero-order valence-electron chi connectivity index (χ0n) is 35.2. The van der Waals surface area contributed by atoms with Crippen LogP contribution in [0, 0.1) is 11.8 Å². The number of benzene rings is 2. The Kier molecular flexibility index (Phi) is 13.3. The van der Waals surface area contributed by atoms with Crippen LogP contribution in [-0.4, -0.2) is 91.7 Å². The van der Waals surface area contributed by atoms with E-state index in [4.69, 9.17) is 37.7 Å². The maximum absolute atomic E-state index is 13.8. The number of pyridine rings is 1. The molecule has 0 bridgehead atoms. The second kappa shape index (κ2) is 18.4. The lowest BCUT2D eigenvalue weighted by molar-refractivity contribution is -0.143. The van der Waals surface area contributed by atoms with Crippen LogP contribution in [-0.2, 0) is 40.9 Å². The zero-order valence-corrected chi connectivity index (χ0v) is 36.7. The molecule has 324 valence electrons. The van der Waals surface area contributed by atoms with E-state index in [-0.39, 0.29) is 42.7 Å². The highest BCUT2D eigenvalue weighted by Gasteiger charge is 2.32. The molecule has 0 radical (unpaired) electrons. The van der Waals surface area contributed by atoms with Crippen molar-refractivity contribution in [3.8, 4) is 28.1 Å². The van der Waals surface area contributed by atoms with E-state index < -0.39 is 17.7 Å². The normalized spacial score (nSPS) is 19.2. The van der Waals surface area contributed by atoms with Gasteiger partial charge in [0, 0.05) is 80.6 Å². The summed E-state index contributed by atoms with van der Waals surface area (Å²) >= 11 is 14.1. The van der Waals surface area contributed by atoms with E-state index in [1.165, 1.54) is 0 Å². The first-order valence-electron chi connectivity index (χ1n) is 20.8. The number of imidazole rings is 1. The molecule has 0 spiro atoms. The number of hydrogen-bond acceptors (Lipinski definition) is 9. The Morgan fingerprint density at radius 3 is 2.46 bits per heavy atom. The number of fused-ring (bicyclic) bond motifs is 1. The predicted molar refractivity (Wildman–Crippen MR) is 233 cm³/mol. The van der Waals surface area contributed by atoms with Crippen LogP contribution < -0.4 is 15.4 Å². The highest BCUT2D eigenvalue weighted by Crippen LogP contribution is 2.41. The van der Waals surface area contributed by atoms with E-state index in [0.717, 1.165) is 62.1 Å². The van der Waals surface area contributed by atoms with Crippen LogP contribution in [0.3, 0.4) is 0 Å². The second-order valence-corrected chi connectivity index (χ2v) is 18.0. The van der Waals surface area contributed by atoms with E-state index >= 15 is 0 Å². The van der Waals surface area contributed by atoms with Crippen molar-refractivity contribution in [2.24, 2.45) is 18.9 Å². The van der Waals surface area contributed by atoms with Gasteiger partial charge in [-0.15, -0.1) is 0 Å². The van der Waals surface area contributed by atoms with Gasteiger partial charge in [-0.05, 0) is 77.0 Å². The fraction of sp³-hybridized carbons (Fsp3) is 0.467. The number of halogens is 2. The Balaban J connectivity index is 1.06. The summed E-state index contributed by atoms with van der Waals surface area (Å²) in [4.78, 5) is 63.8. The standard InChI is InChI=1S/C45H53Cl2N7O7/c1-45(2,3)61-44(59)54(24-30-15-16-37(55)49-30)23-29-14-13-28(21-36(29)60-5)40-39(47)32(17-19-48-40)31-7-6-8-34(38(31)46)51-42(56)41-50-33-18-20-53(25-35(33)52(41)4)22-26-9-11-27(12-10-26)43(57)58/h6-8,13-14,17,19,21,26-27,30H,9-12,15-16,18,20,22-25H2,1-5H3,(H,49,55)(H,51,56)(H,57,58). The van der Waals surface area contributed by atoms with Crippen molar-refractivity contribution in [1.29, 1.82) is 0 Å². The van der Waals surface area contributed by atoms with Gasteiger partial charge in [0.05, 0.1) is 52.4 Å². The molecule has 2 fully saturated rings. The molecule has 1 saturated carbocycles. The van der Waals surface area contributed by atoms with Crippen molar-refractivity contribution < 1.29 is 33.8 Å². The number of rotatable bonds is 12. The molecular weight excluding hydrogens is 821 g/mol. The third-order valence-corrected chi connectivity index (χ3v) is 12.6. The van der Waals surface area contributed by atoms with Crippen molar-refractivity contribution in [2.45, 2.75) is 90.4 Å². The molecule has 16 heteroatoms. The van der Waals surface area contributed by atoms with E-state index in [1.54, 1.807) is 36.4 Å². The highest BCUT2D eigenvalue weighted by molar-refractivity contribution is 6.39. The minimum atomic E-state index is -0.709. The monoisotopic (exact) mass is 873 g/mol. The van der Waals surface area contributed by atoms with E-state index in [2.05, 4.69) is 20.5 Å². The smallest absolute Gasteiger partial charge is 0.410 e. The molecule has 1 atom stereocenters. The lowest BCUT2D eigenvalue weighted by atomic mass is 9.81. The molecule has 1 saturated heterocycles. The summed E-state index contributed by atoms with van der Waals surface area (Å²) in [5.41, 5.74) is 4.66. The van der Waals surface area contributed by atoms with Crippen molar-refractivity contribution in [1.82, 2.24) is 29.7 Å². The van der Waals surface area contributed by atoms with Crippen LogP contribution in [0.15, 0.2) is 48.7 Å². The molecule has 2 aliphatic heterocycles. The molecular formula is C45H53Cl2N7O7. The number of ether oxygens (including phenoxy) is 2. The van der Waals surface area contributed by atoms with Gasteiger partial charge in [-0.1, -0.05) is 47.5 Å². The Morgan fingerprint density at radius 1 is 1.02 bits per heavy atom. The van der Waals surface area contributed by atoms with Gasteiger partial charge in [-0.25, -0.2) is 9.78 Å². The van der Waals surface area contributed by atoms with Gasteiger partial charge in [-0.2, -0.15) is 0 Å². The molecule has 3 N–H and O–H groups in total. The van der Waals surface area contributed by atoms with Gasteiger partial charge in [-0.3, -0.25) is 24.3 Å². The molecule has 1 unspecified atom stereocenters. The first-order valence-corrected chi connectivity index (χ1v) is 21.5. The van der Waals surface area contributed by atoms with E-state index in [1.807, 2.05) is 56.7 Å². The molecule has 3 amide bonds. The number of hydrogen-bond donors (Lipinski definition) is 3. The van der Waals surface area contributed by atoms with Gasteiger partial charge in [0.25, 0.3) is 5.91 Å². The number of carbonyl (C=O) groups excluding carboxylic acids is 3. The molecule has 3 aliphatic rings. The van der Waals surface area contributed by atoms with Crippen molar-refractivity contribution in [3.05, 3.63) is 81.5 Å². The summed E-state index contributed by atoms with van der Waals surface area (Å²) in [6, 6.07) is 12.5. The van der Waals surface area contributed by atoms with Crippen molar-refractivity contribution in [2.75, 3.05) is 32.1 Å². The topological polar surface area (TPSA) is 168 Å². The summed E-state index contributed by atoms with van der Waals surface area (Å²) in [6.45, 7) is 8.29. The van der Waals surface area contributed by atoms with Crippen LogP contribution >= 0.6 is 23.2 Å². The molecule has 4 heterocycles. The van der Waals surface area contributed by atoms with Crippen molar-refractivity contribution >= 4 is 52.8 Å². The zero-order chi connectivity index (χ0) is 43.6. The number of amides is 3. The average molecular weight is 875 g/mol. The number of carboxylic acids is 1. The third-order valence-electron chi connectivity index (χ3n) is 11.8. The summed E-state index contributed by atoms with van der Waals surface area (Å²) < 4.78 is 13.4. The largest absolute Gasteiger partial charge is 0.496 e. The number of aliphatic carboxylic acids is 1. The molecule has 2 aromatic carbocycles. The SMILES string of the molecule is COc1cc(-c2nccc(-c3cccc(NC(=O)c4nc5c(n4C)CN(CC4CCC(C(=O)O)CC4)CC5)c3Cl)c2Cl)ccc1CN(CC1CCC(=O)N1)C(=O)OC(C)(C)C. The minimum absolute atomic E-state index is 0.0392. The summed E-state index contributed by atoms with van der Waals surface area (Å²) in [5, 5.41) is 15.9. The lowest BCUT2D eigenvalue weighted by Crippen LogP contribution is -2.43. The number of carbonyl (C=O) groups is 4. The summed E-state index contributed by atoms with van der Waals surface area (Å²) in [7, 11) is 3.41. The fourth-order valence-corrected chi connectivity index (χ4v) is 9.16. The van der Waals surface area contributed by atoms with Crippen LogP contribution in [0.1, 0.15) is 86.9 Å². The molecule has 2 aromatic heterocycles. The molecule has 7 rings (SSSR count). The van der Waals surface area contributed by atoms with Crippen LogP contribution in [0.5, 0.6) is 5.75 Å². The van der Waals surface area contributed by atoms with E-state index in [0.29, 0.717) is 69.2 Å². The van der Waals surface area contributed by atoms with Crippen molar-refractivity contribution in [3.63, 3.8) is 0 Å². The Morgan fingerprint density at radius 2 is 1.77 bits per heavy atom. The fourth-order valence-electron chi connectivity index (χ4n) is 8.56. The molecule has 4 aromatic rings. The predicted octanol–water partition coefficient (Wildman–Crippen LogP) is 7.98. The quantitative estimate of drug-likeness (QED) is 0.127. The van der Waals surface area contributed by atoms with Crippen LogP contribution in [0.25, 0.3) is 22.4 Å². The first kappa shape index (κ1) is 43.9. The first-order chi connectivity index (χ1) is 29.1. The molecule has 1 aliphatic carbocycles. The highest BCUT2D eigenvalue weighted by atomic mass is 35.5. The Labute approximate surface area is 365 Å². The van der Waals surface area contributed by atoms with E-state index in [9.17, 15) is 24.3 Å². The number of aromatic nitrogens is 3. The van der Waals surface area contributed by atoms with Gasteiger partial charge in [0.15, 0.2) is 5.82 Å². The Hall–Kier alpha value is -5.18. The van der Waals surface area contributed by atoms with Crippen LogP contribution in [0.2, 0.25) is 10.0 Å².